The average Bonchev–Trinajstić information content (AvgIpc) is 2.79. The molecule has 0 fully saturated rings. The van der Waals surface area contributed by atoms with E-state index in [1.54, 1.807) is 31.1 Å². The number of rotatable bonds is 5. The van der Waals surface area contributed by atoms with Gasteiger partial charge in [-0.15, -0.1) is 0 Å². The summed E-state index contributed by atoms with van der Waals surface area (Å²) in [6.07, 6.45) is 1.58. The second-order valence-electron chi connectivity index (χ2n) is 4.11. The van der Waals surface area contributed by atoms with E-state index in [0.717, 1.165) is 0 Å². The average molecular weight is 253 g/mol. The largest absolute Gasteiger partial charge is 0.409 e. The molecule has 0 saturated carbocycles. The molecular formula is C11H19N5O2. The van der Waals surface area contributed by atoms with Crippen molar-refractivity contribution in [1.82, 2.24) is 14.7 Å². The van der Waals surface area contributed by atoms with E-state index < -0.39 is 0 Å². The summed E-state index contributed by atoms with van der Waals surface area (Å²) in [5.74, 6) is -0.200. The summed E-state index contributed by atoms with van der Waals surface area (Å²) in [5, 5.41) is 15.5. The molecule has 7 heteroatoms. The maximum absolute atomic E-state index is 12.2. The van der Waals surface area contributed by atoms with Crippen LogP contribution in [-0.4, -0.2) is 44.7 Å². The molecule has 1 atom stereocenters. The third-order valence-corrected chi connectivity index (χ3v) is 2.82. The van der Waals surface area contributed by atoms with Gasteiger partial charge in [0.25, 0.3) is 5.91 Å². The highest BCUT2D eigenvalue weighted by Crippen LogP contribution is 2.07. The van der Waals surface area contributed by atoms with Crippen molar-refractivity contribution in [2.45, 2.75) is 13.8 Å². The van der Waals surface area contributed by atoms with Gasteiger partial charge in [0.15, 0.2) is 0 Å². The number of hydrogen-bond donors (Lipinski definition) is 2. The third kappa shape index (κ3) is 2.99. The van der Waals surface area contributed by atoms with E-state index in [4.69, 9.17) is 10.9 Å². The van der Waals surface area contributed by atoms with Crippen LogP contribution in [0.25, 0.3) is 0 Å². The Balaban J connectivity index is 2.79. The molecule has 0 aliphatic rings. The number of oxime groups is 1. The lowest BCUT2D eigenvalue weighted by atomic mass is 10.1. The van der Waals surface area contributed by atoms with Gasteiger partial charge in [0, 0.05) is 32.3 Å². The summed E-state index contributed by atoms with van der Waals surface area (Å²) in [7, 11) is 1.72. The minimum atomic E-state index is -0.202. The topological polar surface area (TPSA) is 96.7 Å². The Morgan fingerprint density at radius 2 is 2.39 bits per heavy atom. The molecule has 0 aliphatic heterocycles. The number of nitrogens with zero attached hydrogens (tertiary/aromatic N) is 4. The number of amides is 1. The lowest BCUT2D eigenvalue weighted by Crippen LogP contribution is -2.39. The first kappa shape index (κ1) is 14.0. The van der Waals surface area contributed by atoms with Crippen molar-refractivity contribution < 1.29 is 10.0 Å². The van der Waals surface area contributed by atoms with Crippen LogP contribution in [0.1, 0.15) is 24.3 Å². The van der Waals surface area contributed by atoms with E-state index in [2.05, 4.69) is 10.3 Å². The van der Waals surface area contributed by atoms with Crippen LogP contribution in [0.4, 0.5) is 0 Å². The molecule has 100 valence electrons. The smallest absolute Gasteiger partial charge is 0.272 e. The van der Waals surface area contributed by atoms with Crippen molar-refractivity contribution in [2.75, 3.05) is 13.1 Å². The van der Waals surface area contributed by atoms with Crippen molar-refractivity contribution >= 4 is 11.7 Å². The molecular weight excluding hydrogens is 234 g/mol. The van der Waals surface area contributed by atoms with Gasteiger partial charge in [-0.05, 0) is 13.0 Å². The zero-order valence-electron chi connectivity index (χ0n) is 10.9. The number of carbonyl (C=O) groups excluding carboxylic acids is 1. The van der Waals surface area contributed by atoms with Crippen LogP contribution in [0.5, 0.6) is 0 Å². The summed E-state index contributed by atoms with van der Waals surface area (Å²) in [6.45, 7) is 4.63. The standard InChI is InChI=1S/C11H19N5O2/c1-4-16(7-8(2)10(12)14-18)11(17)9-5-6-13-15(9)3/h5-6,8,18H,4,7H2,1-3H3,(H2,12,14). The molecule has 1 rings (SSSR count). The Morgan fingerprint density at radius 1 is 1.72 bits per heavy atom. The second-order valence-corrected chi connectivity index (χ2v) is 4.11. The molecule has 0 spiro atoms. The van der Waals surface area contributed by atoms with Gasteiger partial charge >= 0.3 is 0 Å². The van der Waals surface area contributed by atoms with Crippen LogP contribution < -0.4 is 5.73 Å². The predicted octanol–water partition coefficient (Wildman–Crippen LogP) is 0.265. The van der Waals surface area contributed by atoms with Crippen molar-refractivity contribution in [2.24, 2.45) is 23.9 Å². The fourth-order valence-corrected chi connectivity index (χ4v) is 1.62. The summed E-state index contributed by atoms with van der Waals surface area (Å²) in [6, 6.07) is 1.67. The molecule has 3 N–H and O–H groups in total. The van der Waals surface area contributed by atoms with Crippen LogP contribution in [0.3, 0.4) is 0 Å². The van der Waals surface area contributed by atoms with E-state index >= 15 is 0 Å². The molecule has 0 radical (unpaired) electrons. The van der Waals surface area contributed by atoms with Crippen LogP contribution in [0.15, 0.2) is 17.4 Å². The van der Waals surface area contributed by atoms with E-state index in [1.165, 1.54) is 4.68 Å². The number of aryl methyl sites for hydroxylation is 1. The Bertz CT molecular complexity index is 440. The quantitative estimate of drug-likeness (QED) is 0.340. The number of aromatic nitrogens is 2. The Kier molecular flexibility index (Phi) is 4.70. The van der Waals surface area contributed by atoms with Gasteiger partial charge in [0.2, 0.25) is 0 Å². The van der Waals surface area contributed by atoms with Gasteiger partial charge in [-0.2, -0.15) is 5.10 Å². The van der Waals surface area contributed by atoms with Gasteiger partial charge in [-0.25, -0.2) is 0 Å². The van der Waals surface area contributed by atoms with Crippen LogP contribution in [0.2, 0.25) is 0 Å². The molecule has 1 heterocycles. The number of carbonyl (C=O) groups is 1. The lowest BCUT2D eigenvalue weighted by Gasteiger charge is -2.23. The highest BCUT2D eigenvalue weighted by molar-refractivity contribution is 5.93. The first-order valence-corrected chi connectivity index (χ1v) is 5.75. The van der Waals surface area contributed by atoms with Crippen molar-refractivity contribution in [3.05, 3.63) is 18.0 Å². The molecule has 0 bridgehead atoms. The lowest BCUT2D eigenvalue weighted by molar-refractivity contribution is 0.0742. The molecule has 18 heavy (non-hydrogen) atoms. The molecule has 0 aliphatic carbocycles. The number of amidine groups is 1. The predicted molar refractivity (Wildman–Crippen MR) is 67.4 cm³/mol. The maximum atomic E-state index is 12.2. The molecule has 1 unspecified atom stereocenters. The van der Waals surface area contributed by atoms with Crippen LogP contribution >= 0.6 is 0 Å². The van der Waals surface area contributed by atoms with Crippen molar-refractivity contribution in [3.8, 4) is 0 Å². The molecule has 0 aromatic carbocycles. The zero-order valence-corrected chi connectivity index (χ0v) is 10.9. The van der Waals surface area contributed by atoms with Crippen LogP contribution in [0, 0.1) is 5.92 Å². The van der Waals surface area contributed by atoms with Gasteiger partial charge in [-0.1, -0.05) is 12.1 Å². The normalized spacial score (nSPS) is 13.4. The minimum absolute atomic E-state index is 0.116. The third-order valence-electron chi connectivity index (χ3n) is 2.82. The Morgan fingerprint density at radius 3 is 2.83 bits per heavy atom. The van der Waals surface area contributed by atoms with E-state index in [0.29, 0.717) is 18.8 Å². The monoisotopic (exact) mass is 253 g/mol. The van der Waals surface area contributed by atoms with Gasteiger partial charge < -0.3 is 15.8 Å². The van der Waals surface area contributed by atoms with Gasteiger partial charge in [0.05, 0.1) is 0 Å². The molecule has 1 aromatic heterocycles. The molecule has 1 aromatic rings. The first-order chi connectivity index (χ1) is 8.51. The van der Waals surface area contributed by atoms with Crippen LogP contribution in [-0.2, 0) is 7.05 Å². The van der Waals surface area contributed by atoms with E-state index in [1.807, 2.05) is 6.92 Å². The Labute approximate surface area is 106 Å². The Hall–Kier alpha value is -2.05. The van der Waals surface area contributed by atoms with Gasteiger partial charge in [-0.3, -0.25) is 9.48 Å². The second kappa shape index (κ2) is 6.04. The van der Waals surface area contributed by atoms with E-state index in [9.17, 15) is 4.79 Å². The van der Waals surface area contributed by atoms with Crippen molar-refractivity contribution in [3.63, 3.8) is 0 Å². The SMILES string of the molecule is CCN(CC(C)C(N)=NO)C(=O)c1ccnn1C. The molecule has 0 saturated heterocycles. The number of hydrogen-bond acceptors (Lipinski definition) is 4. The number of nitrogens with two attached hydrogens (primary N) is 1. The fourth-order valence-electron chi connectivity index (χ4n) is 1.62. The first-order valence-electron chi connectivity index (χ1n) is 5.75. The molecule has 7 nitrogen and oxygen atoms in total. The van der Waals surface area contributed by atoms with E-state index in [-0.39, 0.29) is 17.7 Å². The fraction of sp³-hybridized carbons (Fsp3) is 0.545. The van der Waals surface area contributed by atoms with Crippen molar-refractivity contribution in [1.29, 1.82) is 0 Å². The van der Waals surface area contributed by atoms with Gasteiger partial charge in [0.1, 0.15) is 11.5 Å². The molecule has 1 amide bonds. The maximum Gasteiger partial charge on any atom is 0.272 e. The summed E-state index contributed by atoms with van der Waals surface area (Å²) in [4.78, 5) is 13.9. The highest BCUT2D eigenvalue weighted by atomic mass is 16.4. The highest BCUT2D eigenvalue weighted by Gasteiger charge is 2.20. The minimum Gasteiger partial charge on any atom is -0.409 e. The summed E-state index contributed by atoms with van der Waals surface area (Å²) >= 11 is 0. The summed E-state index contributed by atoms with van der Waals surface area (Å²) < 4.78 is 1.53. The zero-order chi connectivity index (χ0) is 13.7. The summed E-state index contributed by atoms with van der Waals surface area (Å²) in [5.41, 5.74) is 6.03.